The molecule has 0 aliphatic carbocycles. The molecule has 12 heteroatoms. The number of nitrogens with zero attached hydrogens (tertiary/aromatic N) is 2. The van der Waals surface area contributed by atoms with Crippen molar-refractivity contribution in [1.82, 2.24) is 4.90 Å². The third kappa shape index (κ3) is 5.73. The molecule has 2 aliphatic heterocycles. The van der Waals surface area contributed by atoms with Crippen molar-refractivity contribution < 1.29 is 27.4 Å². The summed E-state index contributed by atoms with van der Waals surface area (Å²) >= 11 is 0. The summed E-state index contributed by atoms with van der Waals surface area (Å²) in [6.07, 6.45) is 1.77. The lowest BCUT2D eigenvalue weighted by Gasteiger charge is -2.35. The third-order valence-corrected chi connectivity index (χ3v) is 8.36. The van der Waals surface area contributed by atoms with Crippen LogP contribution in [0.4, 0.5) is 11.4 Å². The standard InChI is InChI=1S/C23H35N4O6PS/c1-8-33-34(30)17-13-15(26-35(7,31)32)9-10-16(17)24-21(25-34)18-19(28)20(23(4,5)6)27(22(18)29)12-11-14(2)3/h9-10,13-14,20,26,28H,8,11-12H2,1-7H3,(H,24,25,30). The molecule has 2 heterocycles. The summed E-state index contributed by atoms with van der Waals surface area (Å²) in [5.41, 5.74) is 0.0734. The van der Waals surface area contributed by atoms with Crippen molar-refractivity contribution in [2.75, 3.05) is 29.4 Å². The number of sulfonamides is 1. The molecule has 0 radical (unpaired) electrons. The zero-order chi connectivity index (χ0) is 26.3. The van der Waals surface area contributed by atoms with Crippen molar-refractivity contribution in [2.24, 2.45) is 16.1 Å². The first-order valence-electron chi connectivity index (χ1n) is 11.6. The zero-order valence-corrected chi connectivity index (χ0v) is 23.0. The molecule has 2 atom stereocenters. The molecular weight excluding hydrogens is 491 g/mol. The van der Waals surface area contributed by atoms with E-state index in [0.29, 0.717) is 18.2 Å². The van der Waals surface area contributed by atoms with E-state index in [1.165, 1.54) is 18.2 Å². The smallest absolute Gasteiger partial charge is 0.348 e. The second kappa shape index (κ2) is 9.59. The predicted molar refractivity (Wildman–Crippen MR) is 139 cm³/mol. The first-order chi connectivity index (χ1) is 16.1. The van der Waals surface area contributed by atoms with Gasteiger partial charge in [0.15, 0.2) is 5.84 Å². The van der Waals surface area contributed by atoms with Crippen molar-refractivity contribution >= 4 is 46.0 Å². The van der Waals surface area contributed by atoms with E-state index >= 15 is 0 Å². The van der Waals surface area contributed by atoms with Crippen LogP contribution in [-0.2, 0) is 23.9 Å². The minimum absolute atomic E-state index is 0.0260. The van der Waals surface area contributed by atoms with E-state index in [2.05, 4.69) is 28.6 Å². The molecule has 3 rings (SSSR count). The molecule has 2 aliphatic rings. The van der Waals surface area contributed by atoms with Crippen LogP contribution in [-0.4, -0.2) is 55.6 Å². The van der Waals surface area contributed by atoms with E-state index in [9.17, 15) is 22.9 Å². The number of carbonyl (C=O) groups excluding carboxylic acids is 1. The molecular formula is C23H35N4O6PS. The predicted octanol–water partition coefficient (Wildman–Crippen LogP) is 3.85. The van der Waals surface area contributed by atoms with E-state index in [0.717, 1.165) is 12.7 Å². The SMILES string of the molecule is CCOP1(=O)N=C(C2=C(O)C(C(C)(C)C)N(CCC(C)C)C2=O)Nc2ccc(NS(C)(=O)=O)cc21. The van der Waals surface area contributed by atoms with E-state index < -0.39 is 34.9 Å². The molecule has 0 saturated carbocycles. The average molecular weight is 527 g/mol. The number of hydrogen-bond acceptors (Lipinski definition) is 7. The number of amidine groups is 1. The molecule has 1 aromatic rings. The Labute approximate surface area is 207 Å². The van der Waals surface area contributed by atoms with Gasteiger partial charge in [-0.1, -0.05) is 34.6 Å². The Kier molecular flexibility index (Phi) is 7.47. The first kappa shape index (κ1) is 27.2. The Bertz CT molecular complexity index is 1230. The fraction of sp³-hybridized carbons (Fsp3) is 0.565. The topological polar surface area (TPSA) is 137 Å². The second-order valence-electron chi connectivity index (χ2n) is 10.3. The number of aliphatic hydroxyl groups excluding tert-OH is 1. The summed E-state index contributed by atoms with van der Waals surface area (Å²) in [6.45, 7) is 12.2. The molecule has 3 N–H and O–H groups in total. The lowest BCUT2D eigenvalue weighted by molar-refractivity contribution is -0.128. The van der Waals surface area contributed by atoms with Crippen LogP contribution in [0.25, 0.3) is 0 Å². The summed E-state index contributed by atoms with van der Waals surface area (Å²) in [4.78, 5) is 15.2. The molecule has 0 spiro atoms. The van der Waals surface area contributed by atoms with Crippen LogP contribution in [0, 0.1) is 11.3 Å². The maximum Gasteiger partial charge on any atom is 0.348 e. The minimum Gasteiger partial charge on any atom is -0.509 e. The summed E-state index contributed by atoms with van der Waals surface area (Å²) < 4.78 is 49.4. The number of aliphatic hydroxyl groups is 1. The largest absolute Gasteiger partial charge is 0.509 e. The van der Waals surface area contributed by atoms with Crippen LogP contribution >= 0.6 is 7.52 Å². The number of fused-ring (bicyclic) bond motifs is 1. The lowest BCUT2D eigenvalue weighted by Crippen LogP contribution is -2.44. The normalized spacial score (nSPS) is 22.9. The van der Waals surface area contributed by atoms with Crippen molar-refractivity contribution in [1.29, 1.82) is 0 Å². The fourth-order valence-corrected chi connectivity index (χ4v) is 6.62. The molecule has 0 aromatic heterocycles. The summed E-state index contributed by atoms with van der Waals surface area (Å²) in [5, 5.41) is 14.4. The Hall–Kier alpha value is -2.36. The molecule has 0 bridgehead atoms. The van der Waals surface area contributed by atoms with E-state index in [1.54, 1.807) is 11.8 Å². The van der Waals surface area contributed by atoms with Gasteiger partial charge in [-0.15, -0.1) is 0 Å². The number of rotatable bonds is 8. The Balaban J connectivity index is 2.10. The Morgan fingerprint density at radius 3 is 2.51 bits per heavy atom. The van der Waals surface area contributed by atoms with Gasteiger partial charge in [0.05, 0.1) is 29.9 Å². The van der Waals surface area contributed by atoms with Gasteiger partial charge in [0.1, 0.15) is 11.3 Å². The molecule has 1 amide bonds. The van der Waals surface area contributed by atoms with E-state index in [1.807, 2.05) is 20.8 Å². The maximum absolute atomic E-state index is 13.9. The number of hydrogen-bond donors (Lipinski definition) is 3. The number of carbonyl (C=O) groups is 1. The highest BCUT2D eigenvalue weighted by Crippen LogP contribution is 2.53. The summed E-state index contributed by atoms with van der Waals surface area (Å²) in [5.74, 6) is -0.183. The molecule has 194 valence electrons. The van der Waals surface area contributed by atoms with Gasteiger partial charge in [-0.05, 0) is 42.9 Å². The van der Waals surface area contributed by atoms with Crippen LogP contribution in [0.2, 0.25) is 0 Å². The number of amides is 1. The number of nitrogens with one attached hydrogen (secondary N) is 2. The highest BCUT2D eigenvalue weighted by Gasteiger charge is 2.48. The van der Waals surface area contributed by atoms with Gasteiger partial charge in [-0.3, -0.25) is 14.1 Å². The van der Waals surface area contributed by atoms with Gasteiger partial charge >= 0.3 is 7.52 Å². The average Bonchev–Trinajstić information content (AvgIpc) is 2.95. The molecule has 10 nitrogen and oxygen atoms in total. The van der Waals surface area contributed by atoms with Gasteiger partial charge in [-0.25, -0.2) is 8.42 Å². The Morgan fingerprint density at radius 1 is 1.31 bits per heavy atom. The van der Waals surface area contributed by atoms with Crippen LogP contribution in [0.5, 0.6) is 0 Å². The molecule has 35 heavy (non-hydrogen) atoms. The third-order valence-electron chi connectivity index (χ3n) is 5.70. The van der Waals surface area contributed by atoms with Crippen LogP contribution in [0.3, 0.4) is 0 Å². The summed E-state index contributed by atoms with van der Waals surface area (Å²) in [7, 11) is -7.45. The van der Waals surface area contributed by atoms with Gasteiger partial charge in [0.25, 0.3) is 5.91 Å². The van der Waals surface area contributed by atoms with Gasteiger partial charge in [-0.2, -0.15) is 4.76 Å². The quantitative estimate of drug-likeness (QED) is 0.438. The molecule has 0 fully saturated rings. The van der Waals surface area contributed by atoms with Crippen molar-refractivity contribution in [2.45, 2.75) is 54.0 Å². The highest BCUT2D eigenvalue weighted by atomic mass is 32.2. The highest BCUT2D eigenvalue weighted by molar-refractivity contribution is 7.92. The van der Waals surface area contributed by atoms with E-state index in [4.69, 9.17) is 4.52 Å². The van der Waals surface area contributed by atoms with Crippen molar-refractivity contribution in [3.05, 3.63) is 29.5 Å². The van der Waals surface area contributed by atoms with Crippen molar-refractivity contribution in [3.63, 3.8) is 0 Å². The van der Waals surface area contributed by atoms with Crippen molar-refractivity contribution in [3.8, 4) is 0 Å². The number of anilines is 2. The van der Waals surface area contributed by atoms with Crippen LogP contribution in [0.1, 0.15) is 48.0 Å². The lowest BCUT2D eigenvalue weighted by atomic mass is 9.85. The van der Waals surface area contributed by atoms with Gasteiger partial charge in [0, 0.05) is 12.2 Å². The monoisotopic (exact) mass is 526 g/mol. The maximum atomic E-state index is 13.9. The van der Waals surface area contributed by atoms with Gasteiger partial charge in [0.2, 0.25) is 10.0 Å². The van der Waals surface area contributed by atoms with Gasteiger partial charge < -0.3 is 19.8 Å². The second-order valence-corrected chi connectivity index (χ2v) is 14.1. The molecule has 1 aromatic carbocycles. The molecule has 2 unspecified atom stereocenters. The molecule has 0 saturated heterocycles. The number of benzene rings is 1. The fourth-order valence-electron chi connectivity index (χ4n) is 4.26. The van der Waals surface area contributed by atoms with Crippen LogP contribution in [0.15, 0.2) is 34.3 Å². The first-order valence-corrected chi connectivity index (χ1v) is 15.0. The summed E-state index contributed by atoms with van der Waals surface area (Å²) in [6, 6.07) is 3.88. The Morgan fingerprint density at radius 2 is 1.97 bits per heavy atom. The minimum atomic E-state index is -3.89. The van der Waals surface area contributed by atoms with E-state index in [-0.39, 0.29) is 34.8 Å². The van der Waals surface area contributed by atoms with Crippen LogP contribution < -0.4 is 15.3 Å². The zero-order valence-electron chi connectivity index (χ0n) is 21.2.